The van der Waals surface area contributed by atoms with Crippen LogP contribution in [0.3, 0.4) is 0 Å². The highest BCUT2D eigenvalue weighted by molar-refractivity contribution is 7.80. The van der Waals surface area contributed by atoms with Crippen molar-refractivity contribution in [3.63, 3.8) is 0 Å². The van der Waals surface area contributed by atoms with Crippen molar-refractivity contribution in [3.8, 4) is 11.3 Å². The Balaban J connectivity index is 1.51. The van der Waals surface area contributed by atoms with E-state index in [1.807, 2.05) is 42.5 Å². The number of hydrogen-bond acceptors (Lipinski definition) is 6. The highest BCUT2D eigenvalue weighted by Gasteiger charge is 2.22. The Labute approximate surface area is 204 Å². The Kier molecular flexibility index (Phi) is 5.94. The van der Waals surface area contributed by atoms with Crippen molar-refractivity contribution in [1.82, 2.24) is 20.1 Å². The molecule has 0 atom stereocenters. The maximum absolute atomic E-state index is 12.6. The summed E-state index contributed by atoms with van der Waals surface area (Å²) >= 11 is 6.80. The van der Waals surface area contributed by atoms with Gasteiger partial charge in [0.1, 0.15) is 10.4 Å². The molecule has 0 radical (unpaired) electrons. The fourth-order valence-corrected chi connectivity index (χ4v) is 4.52. The monoisotopic (exact) mass is 483 g/mol. The molecule has 2 heterocycles. The zero-order chi connectivity index (χ0) is 23.5. The summed E-state index contributed by atoms with van der Waals surface area (Å²) in [6.07, 6.45) is 0. The van der Waals surface area contributed by atoms with Gasteiger partial charge >= 0.3 is 0 Å². The van der Waals surface area contributed by atoms with Crippen molar-refractivity contribution in [2.75, 3.05) is 5.32 Å². The van der Waals surface area contributed by atoms with Gasteiger partial charge in [-0.2, -0.15) is 14.8 Å². The highest BCUT2D eigenvalue weighted by atomic mass is 32.1. The third kappa shape index (κ3) is 4.34. The van der Waals surface area contributed by atoms with Crippen LogP contribution in [0.1, 0.15) is 20.7 Å². The van der Waals surface area contributed by atoms with Crippen LogP contribution in [-0.4, -0.2) is 31.7 Å². The number of fused-ring (bicyclic) bond motifs is 1. The zero-order valence-electron chi connectivity index (χ0n) is 17.6. The second kappa shape index (κ2) is 9.34. The number of thiazole rings is 1. The Hall–Kier alpha value is -4.21. The van der Waals surface area contributed by atoms with Crippen molar-refractivity contribution in [1.29, 1.82) is 0 Å². The summed E-state index contributed by atoms with van der Waals surface area (Å²) in [6.45, 7) is 0. The molecular formula is C25H17N5O2S2. The molecule has 166 valence electrons. The number of nitrogens with one attached hydrogen (secondary N) is 2. The van der Waals surface area contributed by atoms with Gasteiger partial charge in [-0.25, -0.2) is 0 Å². The largest absolute Gasteiger partial charge is 0.298 e. The number of anilines is 1. The maximum atomic E-state index is 12.6. The van der Waals surface area contributed by atoms with E-state index in [4.69, 9.17) is 12.2 Å². The molecule has 2 aromatic heterocycles. The molecule has 0 bridgehead atoms. The first kappa shape index (κ1) is 21.6. The quantitative estimate of drug-likeness (QED) is 0.352. The van der Waals surface area contributed by atoms with Crippen LogP contribution >= 0.6 is 23.6 Å². The molecule has 3 aromatic carbocycles. The second-order valence-electron chi connectivity index (χ2n) is 7.24. The van der Waals surface area contributed by atoms with Gasteiger partial charge in [-0.15, -0.1) is 0 Å². The SMILES string of the molecule is O=C(NC(=S)n1nc(-c2ccccc2)c2sc(NC(=O)c3ccccc3)nc21)c1ccccc1. The number of aromatic nitrogens is 3. The average Bonchev–Trinajstić information content (AvgIpc) is 3.44. The molecule has 0 saturated carbocycles. The number of carbonyl (C=O) groups excluding carboxylic acids is 2. The Morgan fingerprint density at radius 3 is 1.97 bits per heavy atom. The number of rotatable bonds is 4. The minimum atomic E-state index is -0.344. The van der Waals surface area contributed by atoms with Crippen LogP contribution in [0.4, 0.5) is 5.13 Å². The standard InChI is InChI=1S/C25H17N5O2S2/c31-22(17-12-6-2-7-13-17)27-24-26-21-20(34-24)19(16-10-4-1-5-11-16)29-30(21)25(33)28-23(32)18-14-8-3-9-15-18/h1-15H,(H,26,27,31)(H,28,32,33). The molecule has 2 N–H and O–H groups in total. The summed E-state index contributed by atoms with van der Waals surface area (Å²) in [5.74, 6) is -0.610. The van der Waals surface area contributed by atoms with Crippen molar-refractivity contribution in [2.45, 2.75) is 0 Å². The summed E-state index contributed by atoms with van der Waals surface area (Å²) in [6, 6.07) is 27.3. The van der Waals surface area contributed by atoms with Crippen molar-refractivity contribution >= 4 is 56.0 Å². The molecule has 34 heavy (non-hydrogen) atoms. The number of benzene rings is 3. The topological polar surface area (TPSA) is 88.9 Å². The second-order valence-corrected chi connectivity index (χ2v) is 8.63. The van der Waals surface area contributed by atoms with E-state index in [1.54, 1.807) is 48.5 Å². The molecule has 9 heteroatoms. The number of carbonyl (C=O) groups is 2. The molecule has 0 saturated heterocycles. The zero-order valence-corrected chi connectivity index (χ0v) is 19.3. The van der Waals surface area contributed by atoms with Crippen molar-refractivity contribution in [3.05, 3.63) is 102 Å². The van der Waals surface area contributed by atoms with E-state index >= 15 is 0 Å². The van der Waals surface area contributed by atoms with Gasteiger partial charge in [0, 0.05) is 16.7 Å². The van der Waals surface area contributed by atoms with Crippen LogP contribution in [0.5, 0.6) is 0 Å². The summed E-state index contributed by atoms with van der Waals surface area (Å²) in [4.78, 5) is 29.8. The Morgan fingerprint density at radius 1 is 0.794 bits per heavy atom. The van der Waals surface area contributed by atoms with Crippen LogP contribution < -0.4 is 10.6 Å². The van der Waals surface area contributed by atoms with Gasteiger partial charge in [-0.3, -0.25) is 20.2 Å². The third-order valence-electron chi connectivity index (χ3n) is 4.98. The number of thiocarbonyl (C=S) groups is 1. The lowest BCUT2D eigenvalue weighted by Gasteiger charge is -2.07. The van der Waals surface area contributed by atoms with Crippen LogP contribution in [0.2, 0.25) is 0 Å². The van der Waals surface area contributed by atoms with E-state index < -0.39 is 0 Å². The fraction of sp³-hybridized carbons (Fsp3) is 0. The first-order valence-electron chi connectivity index (χ1n) is 10.3. The predicted molar refractivity (Wildman–Crippen MR) is 137 cm³/mol. The molecule has 0 aliphatic heterocycles. The van der Waals surface area contributed by atoms with Gasteiger partial charge in [0.15, 0.2) is 10.8 Å². The minimum absolute atomic E-state index is 0.0901. The third-order valence-corrected chi connectivity index (χ3v) is 6.22. The van der Waals surface area contributed by atoms with Crippen molar-refractivity contribution < 1.29 is 9.59 Å². The minimum Gasteiger partial charge on any atom is -0.298 e. The van der Waals surface area contributed by atoms with Crippen LogP contribution in [0.15, 0.2) is 91.0 Å². The summed E-state index contributed by atoms with van der Waals surface area (Å²) in [7, 11) is 0. The normalized spacial score (nSPS) is 10.7. The molecule has 5 rings (SSSR count). The van der Waals surface area contributed by atoms with E-state index in [9.17, 15) is 9.59 Å². The maximum Gasteiger partial charge on any atom is 0.257 e. The van der Waals surface area contributed by atoms with Crippen molar-refractivity contribution in [2.24, 2.45) is 0 Å². The first-order valence-corrected chi connectivity index (χ1v) is 11.5. The summed E-state index contributed by atoms with van der Waals surface area (Å²) in [5, 5.41) is 10.7. The Bertz CT molecular complexity index is 1500. The lowest BCUT2D eigenvalue weighted by molar-refractivity contribution is 0.0975. The number of nitrogens with zero attached hydrogens (tertiary/aromatic N) is 3. The molecule has 2 amide bonds. The van der Waals surface area contributed by atoms with E-state index in [1.165, 1.54) is 16.0 Å². The van der Waals surface area contributed by atoms with E-state index in [2.05, 4.69) is 20.7 Å². The predicted octanol–water partition coefficient (Wildman–Crippen LogP) is 4.98. The van der Waals surface area contributed by atoms with Gasteiger partial charge in [0.25, 0.3) is 11.8 Å². The molecule has 0 spiro atoms. The van der Waals surface area contributed by atoms with Gasteiger partial charge in [-0.05, 0) is 36.5 Å². The Morgan fingerprint density at radius 2 is 1.35 bits per heavy atom. The summed E-state index contributed by atoms with van der Waals surface area (Å²) in [5.41, 5.74) is 2.98. The first-order chi connectivity index (χ1) is 16.6. The molecule has 0 aliphatic rings. The van der Waals surface area contributed by atoms with Crippen LogP contribution in [0.25, 0.3) is 21.6 Å². The summed E-state index contributed by atoms with van der Waals surface area (Å²) < 4.78 is 2.16. The van der Waals surface area contributed by atoms with Gasteiger partial charge in [0.05, 0.1) is 0 Å². The fourth-order valence-electron chi connectivity index (χ4n) is 3.35. The molecule has 5 aromatic rings. The van der Waals surface area contributed by atoms with E-state index in [-0.39, 0.29) is 16.9 Å². The number of amides is 2. The van der Waals surface area contributed by atoms with Gasteiger partial charge < -0.3 is 0 Å². The molecule has 0 unspecified atom stereocenters. The molecule has 0 aliphatic carbocycles. The molecule has 7 nitrogen and oxygen atoms in total. The molecule has 0 fully saturated rings. The lowest BCUT2D eigenvalue weighted by Crippen LogP contribution is -2.34. The number of hydrogen-bond donors (Lipinski definition) is 2. The van der Waals surface area contributed by atoms with Crippen LogP contribution in [-0.2, 0) is 0 Å². The highest BCUT2D eigenvalue weighted by Crippen LogP contribution is 2.34. The van der Waals surface area contributed by atoms with Crippen LogP contribution in [0, 0.1) is 0 Å². The van der Waals surface area contributed by atoms with E-state index in [0.717, 1.165) is 10.3 Å². The smallest absolute Gasteiger partial charge is 0.257 e. The average molecular weight is 484 g/mol. The van der Waals surface area contributed by atoms with Gasteiger partial charge in [0.2, 0.25) is 5.11 Å². The van der Waals surface area contributed by atoms with E-state index in [0.29, 0.717) is 27.6 Å². The van der Waals surface area contributed by atoms with Gasteiger partial charge in [-0.1, -0.05) is 78.1 Å². The molecular weight excluding hydrogens is 466 g/mol. The lowest BCUT2D eigenvalue weighted by atomic mass is 10.2.